The molecule has 0 amide bonds. The Morgan fingerprint density at radius 1 is 1.37 bits per heavy atom. The molecular weight excluding hydrogens is 236 g/mol. The number of aliphatic hydroxyl groups is 1. The molecule has 0 aliphatic heterocycles. The largest absolute Gasteiger partial charge is 0.389 e. The molecule has 1 atom stereocenters. The van der Waals surface area contributed by atoms with Crippen LogP contribution in [0.15, 0.2) is 24.3 Å². The molecule has 0 heterocycles. The van der Waals surface area contributed by atoms with Crippen molar-refractivity contribution in [1.82, 2.24) is 5.32 Å². The van der Waals surface area contributed by atoms with Gasteiger partial charge >= 0.3 is 0 Å². The number of rotatable bonds is 4. The van der Waals surface area contributed by atoms with Gasteiger partial charge in [0.2, 0.25) is 0 Å². The van der Waals surface area contributed by atoms with Gasteiger partial charge in [0.1, 0.15) is 0 Å². The second-order valence-electron chi connectivity index (χ2n) is 5.62. The molecule has 1 aliphatic carbocycles. The molecule has 1 aromatic rings. The molecule has 1 saturated carbocycles. The second kappa shape index (κ2) is 6.18. The van der Waals surface area contributed by atoms with Gasteiger partial charge in [-0.15, -0.1) is 0 Å². The average molecular weight is 258 g/mol. The molecule has 3 heteroatoms. The number of nitrogens with zero attached hydrogens (tertiary/aromatic N) is 1. The van der Waals surface area contributed by atoms with E-state index in [1.807, 2.05) is 24.3 Å². The van der Waals surface area contributed by atoms with E-state index in [1.165, 1.54) is 6.42 Å². The van der Waals surface area contributed by atoms with Crippen LogP contribution in [0.5, 0.6) is 0 Å². The van der Waals surface area contributed by atoms with E-state index in [9.17, 15) is 5.11 Å². The summed E-state index contributed by atoms with van der Waals surface area (Å²) in [6.07, 6.45) is 5.27. The summed E-state index contributed by atoms with van der Waals surface area (Å²) in [5.41, 5.74) is 1.24. The first kappa shape index (κ1) is 14.0. The van der Waals surface area contributed by atoms with Crippen molar-refractivity contribution in [3.63, 3.8) is 0 Å². The molecule has 102 valence electrons. The van der Waals surface area contributed by atoms with Crippen LogP contribution in [-0.4, -0.2) is 17.3 Å². The molecule has 0 radical (unpaired) electrons. The van der Waals surface area contributed by atoms with E-state index in [4.69, 9.17) is 5.26 Å². The van der Waals surface area contributed by atoms with Gasteiger partial charge in [0.15, 0.2) is 0 Å². The van der Waals surface area contributed by atoms with E-state index >= 15 is 0 Å². The lowest BCUT2D eigenvalue weighted by molar-refractivity contribution is 0.00300. The van der Waals surface area contributed by atoms with Gasteiger partial charge in [0, 0.05) is 12.6 Å². The van der Waals surface area contributed by atoms with Crippen molar-refractivity contribution in [1.29, 1.82) is 5.26 Å². The van der Waals surface area contributed by atoms with Crippen LogP contribution in [0.25, 0.3) is 0 Å². The summed E-state index contributed by atoms with van der Waals surface area (Å²) in [7, 11) is 0. The highest BCUT2D eigenvalue weighted by atomic mass is 16.3. The lowest BCUT2D eigenvalue weighted by Crippen LogP contribution is -2.42. The highest BCUT2D eigenvalue weighted by Gasteiger charge is 2.29. The Bertz CT molecular complexity index is 458. The maximum absolute atomic E-state index is 10.5. The Morgan fingerprint density at radius 2 is 2.11 bits per heavy atom. The monoisotopic (exact) mass is 258 g/mol. The highest BCUT2D eigenvalue weighted by molar-refractivity contribution is 5.34. The lowest BCUT2D eigenvalue weighted by atomic mass is 9.84. The third-order valence-corrected chi connectivity index (χ3v) is 4.04. The van der Waals surface area contributed by atoms with Crippen LogP contribution >= 0.6 is 0 Å². The summed E-state index contributed by atoms with van der Waals surface area (Å²) in [5, 5.41) is 22.8. The fourth-order valence-corrected chi connectivity index (χ4v) is 2.73. The predicted molar refractivity (Wildman–Crippen MR) is 75.6 cm³/mol. The molecule has 1 unspecified atom stereocenters. The zero-order valence-corrected chi connectivity index (χ0v) is 11.5. The van der Waals surface area contributed by atoms with Gasteiger partial charge in [-0.3, -0.25) is 0 Å². The number of nitrogens with one attached hydrogen (secondary N) is 1. The SMILES string of the molecule is CC(NCC1(O)CCCCC1)c1cccc(C#N)c1. The van der Waals surface area contributed by atoms with Gasteiger partial charge in [0.25, 0.3) is 0 Å². The Kier molecular flexibility index (Phi) is 4.57. The molecule has 19 heavy (non-hydrogen) atoms. The van der Waals surface area contributed by atoms with E-state index in [-0.39, 0.29) is 6.04 Å². The Labute approximate surface area is 115 Å². The Morgan fingerprint density at radius 3 is 2.79 bits per heavy atom. The number of nitriles is 1. The van der Waals surface area contributed by atoms with E-state index in [1.54, 1.807) is 0 Å². The van der Waals surface area contributed by atoms with Gasteiger partial charge in [-0.05, 0) is 37.5 Å². The molecule has 3 nitrogen and oxygen atoms in total. The normalized spacial score (nSPS) is 19.6. The van der Waals surface area contributed by atoms with Crippen LogP contribution in [0.3, 0.4) is 0 Å². The molecule has 2 rings (SSSR count). The predicted octanol–water partition coefficient (Wildman–Crippen LogP) is 2.90. The summed E-state index contributed by atoms with van der Waals surface area (Å²) in [6.45, 7) is 2.70. The summed E-state index contributed by atoms with van der Waals surface area (Å²) < 4.78 is 0. The fraction of sp³-hybridized carbons (Fsp3) is 0.562. The minimum Gasteiger partial charge on any atom is -0.389 e. The summed E-state index contributed by atoms with van der Waals surface area (Å²) >= 11 is 0. The second-order valence-corrected chi connectivity index (χ2v) is 5.62. The van der Waals surface area contributed by atoms with E-state index in [2.05, 4.69) is 18.3 Å². The maximum Gasteiger partial charge on any atom is 0.0991 e. The average Bonchev–Trinajstić information content (AvgIpc) is 2.46. The van der Waals surface area contributed by atoms with Gasteiger partial charge in [0.05, 0.1) is 17.2 Å². The molecule has 2 N–H and O–H groups in total. The molecule has 1 fully saturated rings. The van der Waals surface area contributed by atoms with Crippen LogP contribution < -0.4 is 5.32 Å². The zero-order valence-electron chi connectivity index (χ0n) is 11.5. The minimum atomic E-state index is -0.542. The van der Waals surface area contributed by atoms with E-state index in [0.29, 0.717) is 12.1 Å². The van der Waals surface area contributed by atoms with E-state index < -0.39 is 5.60 Å². The topological polar surface area (TPSA) is 56.0 Å². The molecule has 1 aromatic carbocycles. The van der Waals surface area contributed by atoms with Crippen molar-refractivity contribution >= 4 is 0 Å². The fourth-order valence-electron chi connectivity index (χ4n) is 2.73. The Balaban J connectivity index is 1.93. The molecule has 0 aromatic heterocycles. The van der Waals surface area contributed by atoms with Crippen LogP contribution in [0.4, 0.5) is 0 Å². The van der Waals surface area contributed by atoms with Crippen molar-refractivity contribution in [2.45, 2.75) is 50.7 Å². The summed E-state index contributed by atoms with van der Waals surface area (Å²) in [4.78, 5) is 0. The standard InChI is InChI=1S/C16H22N2O/c1-13(15-7-5-6-14(10-15)11-17)18-12-16(19)8-3-2-4-9-16/h5-7,10,13,18-19H,2-4,8-9,12H2,1H3. The lowest BCUT2D eigenvalue weighted by Gasteiger charge is -2.33. The van der Waals surface area contributed by atoms with Crippen LogP contribution in [0.2, 0.25) is 0 Å². The van der Waals surface area contributed by atoms with Crippen molar-refractivity contribution in [3.05, 3.63) is 35.4 Å². The Hall–Kier alpha value is -1.37. The highest BCUT2D eigenvalue weighted by Crippen LogP contribution is 2.28. The van der Waals surface area contributed by atoms with Crippen LogP contribution in [0, 0.1) is 11.3 Å². The third-order valence-electron chi connectivity index (χ3n) is 4.04. The first-order valence-corrected chi connectivity index (χ1v) is 7.09. The van der Waals surface area contributed by atoms with Gasteiger partial charge in [-0.25, -0.2) is 0 Å². The van der Waals surface area contributed by atoms with Gasteiger partial charge in [-0.1, -0.05) is 31.4 Å². The first-order valence-electron chi connectivity index (χ1n) is 7.09. The van der Waals surface area contributed by atoms with Gasteiger partial charge < -0.3 is 10.4 Å². The number of hydrogen-bond donors (Lipinski definition) is 2. The quantitative estimate of drug-likeness (QED) is 0.873. The van der Waals surface area contributed by atoms with Crippen molar-refractivity contribution < 1.29 is 5.11 Å². The smallest absolute Gasteiger partial charge is 0.0991 e. The maximum atomic E-state index is 10.5. The zero-order chi connectivity index (χ0) is 13.7. The van der Waals surface area contributed by atoms with Crippen molar-refractivity contribution in [2.24, 2.45) is 0 Å². The molecule has 1 aliphatic rings. The van der Waals surface area contributed by atoms with Gasteiger partial charge in [-0.2, -0.15) is 5.26 Å². The summed E-state index contributed by atoms with van der Waals surface area (Å²) in [5.74, 6) is 0. The third kappa shape index (κ3) is 3.79. The van der Waals surface area contributed by atoms with E-state index in [0.717, 1.165) is 31.2 Å². The molecule has 0 bridgehead atoms. The summed E-state index contributed by atoms with van der Waals surface area (Å²) in [6, 6.07) is 9.95. The van der Waals surface area contributed by atoms with Crippen molar-refractivity contribution in [3.8, 4) is 6.07 Å². The molecule has 0 saturated heterocycles. The molecule has 0 spiro atoms. The first-order chi connectivity index (χ1) is 9.13. The number of hydrogen-bond acceptors (Lipinski definition) is 3. The minimum absolute atomic E-state index is 0.152. The van der Waals surface area contributed by atoms with Crippen molar-refractivity contribution in [2.75, 3.05) is 6.54 Å². The van der Waals surface area contributed by atoms with Crippen LogP contribution in [0.1, 0.15) is 56.2 Å². The number of benzene rings is 1. The molecular formula is C16H22N2O. The van der Waals surface area contributed by atoms with Crippen LogP contribution in [-0.2, 0) is 0 Å².